The fraction of sp³-hybridized carbons (Fsp3) is 0.115. The second-order valence-corrected chi connectivity index (χ2v) is 8.97. The van der Waals surface area contributed by atoms with E-state index >= 15 is 0 Å². The van der Waals surface area contributed by atoms with Crippen molar-refractivity contribution in [2.75, 3.05) is 12.0 Å². The quantitative estimate of drug-likeness (QED) is 0.248. The van der Waals surface area contributed by atoms with Crippen molar-refractivity contribution in [3.05, 3.63) is 89.0 Å². The fourth-order valence-electron chi connectivity index (χ4n) is 4.09. The van der Waals surface area contributed by atoms with Crippen LogP contribution < -0.4 is 9.64 Å². The highest BCUT2D eigenvalue weighted by atomic mass is 32.1. The first kappa shape index (κ1) is 21.7. The number of Topliss-reactive ketones (excluding diaryl/α,β-unsaturated/α-hetero) is 1. The lowest BCUT2D eigenvalue weighted by Crippen LogP contribution is -2.29. The van der Waals surface area contributed by atoms with E-state index in [1.165, 1.54) is 35.5 Å². The van der Waals surface area contributed by atoms with Gasteiger partial charge in [-0.2, -0.15) is 0 Å². The van der Waals surface area contributed by atoms with Crippen LogP contribution in [0.1, 0.15) is 22.7 Å². The number of hydrogen-bond donors (Lipinski definition) is 2. The molecule has 0 aliphatic carbocycles. The molecule has 1 aliphatic heterocycles. The fourth-order valence-corrected chi connectivity index (χ4v) is 5.18. The first-order chi connectivity index (χ1) is 16.4. The number of methoxy groups -OCH3 is 1. The van der Waals surface area contributed by atoms with Crippen LogP contribution in [0.25, 0.3) is 16.0 Å². The van der Waals surface area contributed by atoms with Crippen LogP contribution in [0.2, 0.25) is 0 Å². The normalized spacial score (nSPS) is 17.5. The van der Waals surface area contributed by atoms with Gasteiger partial charge in [0.15, 0.2) is 5.13 Å². The summed E-state index contributed by atoms with van der Waals surface area (Å²) < 4.78 is 6.11. The summed E-state index contributed by atoms with van der Waals surface area (Å²) in [5, 5.41) is 21.7. The van der Waals surface area contributed by atoms with Gasteiger partial charge in [0.25, 0.3) is 5.78 Å². The molecule has 1 aromatic heterocycles. The first-order valence-electron chi connectivity index (χ1n) is 10.5. The van der Waals surface area contributed by atoms with Crippen molar-refractivity contribution in [1.29, 1.82) is 0 Å². The zero-order valence-corrected chi connectivity index (χ0v) is 19.2. The van der Waals surface area contributed by atoms with Gasteiger partial charge < -0.3 is 14.9 Å². The summed E-state index contributed by atoms with van der Waals surface area (Å²) in [5.41, 5.74) is 2.48. The summed E-state index contributed by atoms with van der Waals surface area (Å²) in [6, 6.07) is 17.7. The molecule has 8 heteroatoms. The Labute approximate surface area is 199 Å². The number of ketones is 1. The van der Waals surface area contributed by atoms with E-state index in [0.29, 0.717) is 27.5 Å². The van der Waals surface area contributed by atoms with Crippen molar-refractivity contribution in [2.24, 2.45) is 0 Å². The maximum absolute atomic E-state index is 13.3. The largest absolute Gasteiger partial charge is 0.508 e. The van der Waals surface area contributed by atoms with Gasteiger partial charge in [0.2, 0.25) is 0 Å². The highest BCUT2D eigenvalue weighted by Gasteiger charge is 2.48. The third-order valence-electron chi connectivity index (χ3n) is 5.71. The third kappa shape index (κ3) is 3.58. The van der Waals surface area contributed by atoms with E-state index in [0.717, 1.165) is 10.3 Å². The smallest absolute Gasteiger partial charge is 0.301 e. The average Bonchev–Trinajstić information content (AvgIpc) is 3.36. The van der Waals surface area contributed by atoms with Crippen molar-refractivity contribution in [3.63, 3.8) is 0 Å². The molecule has 0 saturated carbocycles. The molecule has 1 amide bonds. The van der Waals surface area contributed by atoms with E-state index in [4.69, 9.17) is 4.74 Å². The molecule has 2 N–H and O–H groups in total. The van der Waals surface area contributed by atoms with Crippen LogP contribution in [0.15, 0.2) is 72.3 Å². The molecule has 5 rings (SSSR count). The Hall–Kier alpha value is -4.17. The number of carbonyl (C=O) groups excluding carboxylic acids is 2. The second kappa shape index (κ2) is 8.31. The van der Waals surface area contributed by atoms with Crippen molar-refractivity contribution in [1.82, 2.24) is 4.98 Å². The van der Waals surface area contributed by atoms with Gasteiger partial charge in [-0.15, -0.1) is 0 Å². The third-order valence-corrected chi connectivity index (χ3v) is 6.73. The average molecular weight is 473 g/mol. The number of carbonyl (C=O) groups is 2. The van der Waals surface area contributed by atoms with Gasteiger partial charge in [-0.3, -0.25) is 14.5 Å². The van der Waals surface area contributed by atoms with Crippen LogP contribution in [0, 0.1) is 6.92 Å². The predicted octanol–water partition coefficient (Wildman–Crippen LogP) is 4.95. The van der Waals surface area contributed by atoms with Crippen molar-refractivity contribution in [2.45, 2.75) is 13.0 Å². The van der Waals surface area contributed by atoms with Crippen LogP contribution in [0.4, 0.5) is 5.13 Å². The number of aliphatic hydroxyl groups is 1. The molecule has 7 nitrogen and oxygen atoms in total. The van der Waals surface area contributed by atoms with Crippen LogP contribution >= 0.6 is 11.3 Å². The minimum atomic E-state index is -0.972. The Kier molecular flexibility index (Phi) is 5.30. The van der Waals surface area contributed by atoms with Crippen molar-refractivity contribution in [3.8, 4) is 11.5 Å². The number of aliphatic hydroxyl groups excluding tert-OH is 1. The molecule has 1 aliphatic rings. The predicted molar refractivity (Wildman–Crippen MR) is 130 cm³/mol. The molecular weight excluding hydrogens is 452 g/mol. The summed E-state index contributed by atoms with van der Waals surface area (Å²) >= 11 is 1.29. The zero-order chi connectivity index (χ0) is 24.0. The Balaban J connectivity index is 1.74. The monoisotopic (exact) mass is 472 g/mol. The summed E-state index contributed by atoms with van der Waals surface area (Å²) in [7, 11) is 1.50. The summed E-state index contributed by atoms with van der Waals surface area (Å²) in [5.74, 6) is -1.49. The summed E-state index contributed by atoms with van der Waals surface area (Å²) in [6.07, 6.45) is 0. The molecule has 34 heavy (non-hydrogen) atoms. The minimum absolute atomic E-state index is 0.0237. The van der Waals surface area contributed by atoms with Gasteiger partial charge in [0.05, 0.1) is 28.9 Å². The second-order valence-electron chi connectivity index (χ2n) is 7.96. The van der Waals surface area contributed by atoms with Crippen LogP contribution in [-0.4, -0.2) is 34.0 Å². The number of rotatable bonds is 4. The van der Waals surface area contributed by atoms with Crippen LogP contribution in [0.5, 0.6) is 11.5 Å². The van der Waals surface area contributed by atoms with Crippen molar-refractivity contribution < 1.29 is 24.5 Å². The number of phenolic OH excluding ortho intramolecular Hbond substituents is 1. The van der Waals surface area contributed by atoms with E-state index in [-0.39, 0.29) is 17.1 Å². The Morgan fingerprint density at radius 3 is 2.62 bits per heavy atom. The maximum Gasteiger partial charge on any atom is 0.301 e. The Bertz CT molecular complexity index is 1490. The summed E-state index contributed by atoms with van der Waals surface area (Å²) in [4.78, 5) is 32.5. The van der Waals surface area contributed by atoms with Gasteiger partial charge in [-0.05, 0) is 54.4 Å². The lowest BCUT2D eigenvalue weighted by Gasteiger charge is -2.23. The molecule has 1 saturated heterocycles. The number of ether oxygens (including phenoxy) is 1. The van der Waals surface area contributed by atoms with Crippen LogP contribution in [-0.2, 0) is 9.59 Å². The number of benzene rings is 3. The molecule has 0 unspecified atom stereocenters. The zero-order valence-electron chi connectivity index (χ0n) is 18.4. The van der Waals surface area contributed by atoms with Gasteiger partial charge in [0.1, 0.15) is 17.3 Å². The van der Waals surface area contributed by atoms with Gasteiger partial charge in [0, 0.05) is 5.56 Å². The molecule has 3 aromatic carbocycles. The van der Waals surface area contributed by atoms with E-state index in [2.05, 4.69) is 4.98 Å². The lowest BCUT2D eigenvalue weighted by atomic mass is 9.95. The Morgan fingerprint density at radius 1 is 1.06 bits per heavy atom. The van der Waals surface area contributed by atoms with Crippen molar-refractivity contribution >= 4 is 44.1 Å². The molecule has 4 aromatic rings. The standard InChI is InChI=1S/C26H20N2O5S/c1-14-9-10-19-20(11-14)34-26(27-19)28-22(15-5-3-7-17(29)12-15)21(24(31)25(28)32)23(30)16-6-4-8-18(13-16)33-2/h3-13,22,29-30H,1-2H3/b23-21+/t22-/m1/s1. The number of aromatic nitrogens is 1. The lowest BCUT2D eigenvalue weighted by molar-refractivity contribution is -0.132. The van der Waals surface area contributed by atoms with Crippen LogP contribution in [0.3, 0.4) is 0 Å². The van der Waals surface area contributed by atoms with E-state index in [9.17, 15) is 19.8 Å². The number of amides is 1. The number of anilines is 1. The number of aryl methyl sites for hydroxylation is 1. The summed E-state index contributed by atoms with van der Waals surface area (Å²) in [6.45, 7) is 1.96. The van der Waals surface area contributed by atoms with E-state index in [1.54, 1.807) is 36.4 Å². The minimum Gasteiger partial charge on any atom is -0.508 e. The first-order valence-corrected chi connectivity index (χ1v) is 11.3. The number of fused-ring (bicyclic) bond motifs is 1. The number of hydrogen-bond acceptors (Lipinski definition) is 7. The molecule has 0 bridgehead atoms. The molecule has 0 spiro atoms. The number of thiazole rings is 1. The maximum atomic E-state index is 13.3. The molecular formula is C26H20N2O5S. The highest BCUT2D eigenvalue weighted by molar-refractivity contribution is 7.22. The SMILES string of the molecule is COc1cccc(/C(O)=C2\C(=O)C(=O)N(c3nc4ccc(C)cc4s3)[C@@H]2c2cccc(O)c2)c1. The molecule has 1 atom stereocenters. The molecule has 1 fully saturated rings. The van der Waals surface area contributed by atoms with Gasteiger partial charge >= 0.3 is 5.91 Å². The Morgan fingerprint density at radius 2 is 1.85 bits per heavy atom. The van der Waals surface area contributed by atoms with Gasteiger partial charge in [-0.25, -0.2) is 4.98 Å². The number of phenols is 1. The highest BCUT2D eigenvalue weighted by Crippen LogP contribution is 2.45. The number of nitrogens with zero attached hydrogens (tertiary/aromatic N) is 2. The number of aromatic hydroxyl groups is 1. The molecule has 170 valence electrons. The molecule has 2 heterocycles. The van der Waals surface area contributed by atoms with E-state index in [1.807, 2.05) is 25.1 Å². The van der Waals surface area contributed by atoms with Gasteiger partial charge in [-0.1, -0.05) is 41.7 Å². The van der Waals surface area contributed by atoms with E-state index < -0.39 is 17.7 Å². The molecule has 0 radical (unpaired) electrons. The topological polar surface area (TPSA) is 100.0 Å².